The maximum absolute atomic E-state index is 11.8. The standard InChI is InChI=1S/C18H20N2O2S/c1-14(15-7-6-8-16(13-15)22-2)19-20-18(21)11-12-23-17-9-4-3-5-10-17/h3-10,13H,11-12H2,1-2H3,(H,20,21). The summed E-state index contributed by atoms with van der Waals surface area (Å²) in [6.07, 6.45) is 0.425. The Morgan fingerprint density at radius 1 is 1.17 bits per heavy atom. The van der Waals surface area contributed by atoms with Crippen LogP contribution in [0.3, 0.4) is 0 Å². The lowest BCUT2D eigenvalue weighted by Crippen LogP contribution is -2.19. The quantitative estimate of drug-likeness (QED) is 0.479. The van der Waals surface area contributed by atoms with Crippen LogP contribution in [-0.4, -0.2) is 24.5 Å². The molecule has 0 saturated carbocycles. The van der Waals surface area contributed by atoms with Gasteiger partial charge in [-0.05, 0) is 31.2 Å². The van der Waals surface area contributed by atoms with Gasteiger partial charge in [-0.25, -0.2) is 5.43 Å². The van der Waals surface area contributed by atoms with Crippen LogP contribution >= 0.6 is 11.8 Å². The average Bonchev–Trinajstić information content (AvgIpc) is 2.60. The Balaban J connectivity index is 1.80. The zero-order valence-corrected chi connectivity index (χ0v) is 14.1. The number of nitrogens with one attached hydrogen (secondary N) is 1. The number of methoxy groups -OCH3 is 1. The number of hydrogen-bond donors (Lipinski definition) is 1. The maximum atomic E-state index is 11.8. The number of hydrogen-bond acceptors (Lipinski definition) is 4. The predicted octanol–water partition coefficient (Wildman–Crippen LogP) is 3.72. The molecule has 0 unspecified atom stereocenters. The molecule has 2 aromatic carbocycles. The molecule has 2 aromatic rings. The van der Waals surface area contributed by atoms with E-state index in [0.717, 1.165) is 27.7 Å². The number of benzene rings is 2. The summed E-state index contributed by atoms with van der Waals surface area (Å²) in [5, 5.41) is 4.15. The minimum Gasteiger partial charge on any atom is -0.497 e. The van der Waals surface area contributed by atoms with Gasteiger partial charge < -0.3 is 4.74 Å². The van der Waals surface area contributed by atoms with Gasteiger partial charge in [0, 0.05) is 22.6 Å². The molecule has 4 nitrogen and oxygen atoms in total. The van der Waals surface area contributed by atoms with E-state index in [4.69, 9.17) is 4.74 Å². The van der Waals surface area contributed by atoms with Gasteiger partial charge in [0.15, 0.2) is 0 Å². The Bertz CT molecular complexity index is 672. The molecular formula is C18H20N2O2S. The fraction of sp³-hybridized carbons (Fsp3) is 0.222. The zero-order valence-electron chi connectivity index (χ0n) is 13.3. The lowest BCUT2D eigenvalue weighted by molar-refractivity contribution is -0.120. The van der Waals surface area contributed by atoms with Gasteiger partial charge in [0.2, 0.25) is 5.91 Å². The molecule has 1 amide bonds. The van der Waals surface area contributed by atoms with Gasteiger partial charge in [-0.2, -0.15) is 5.10 Å². The Labute approximate surface area is 140 Å². The fourth-order valence-corrected chi connectivity index (χ4v) is 2.77. The molecule has 23 heavy (non-hydrogen) atoms. The molecule has 1 N–H and O–H groups in total. The number of ether oxygens (including phenoxy) is 1. The molecule has 0 fully saturated rings. The summed E-state index contributed by atoms with van der Waals surface area (Å²) in [5.41, 5.74) is 4.26. The zero-order chi connectivity index (χ0) is 16.5. The van der Waals surface area contributed by atoms with Gasteiger partial charge in [0.25, 0.3) is 0 Å². The third kappa shape index (κ3) is 5.79. The summed E-state index contributed by atoms with van der Waals surface area (Å²) < 4.78 is 5.18. The molecule has 0 saturated heterocycles. The molecule has 0 aromatic heterocycles. The molecule has 0 aliphatic rings. The SMILES string of the molecule is COc1cccc(C(C)=NNC(=O)CCSc2ccccc2)c1. The van der Waals surface area contributed by atoms with Gasteiger partial charge >= 0.3 is 0 Å². The van der Waals surface area contributed by atoms with Crippen molar-refractivity contribution in [3.05, 3.63) is 60.2 Å². The van der Waals surface area contributed by atoms with Crippen LogP contribution < -0.4 is 10.2 Å². The van der Waals surface area contributed by atoms with E-state index in [2.05, 4.69) is 10.5 Å². The van der Waals surface area contributed by atoms with Crippen molar-refractivity contribution in [3.63, 3.8) is 0 Å². The molecule has 120 valence electrons. The highest BCUT2D eigenvalue weighted by atomic mass is 32.2. The molecular weight excluding hydrogens is 308 g/mol. The average molecular weight is 328 g/mol. The first-order valence-electron chi connectivity index (χ1n) is 7.34. The van der Waals surface area contributed by atoms with E-state index in [1.807, 2.05) is 61.5 Å². The third-order valence-electron chi connectivity index (χ3n) is 3.18. The number of nitrogens with zero attached hydrogens (tertiary/aromatic N) is 1. The minimum atomic E-state index is -0.0873. The van der Waals surface area contributed by atoms with Crippen molar-refractivity contribution in [3.8, 4) is 5.75 Å². The summed E-state index contributed by atoms with van der Waals surface area (Å²) >= 11 is 1.66. The number of carbonyl (C=O) groups is 1. The summed E-state index contributed by atoms with van der Waals surface area (Å²) in [5.74, 6) is 1.40. The molecule has 2 rings (SSSR count). The van der Waals surface area contributed by atoms with Crippen molar-refractivity contribution in [1.29, 1.82) is 0 Å². The van der Waals surface area contributed by atoms with Gasteiger partial charge in [-0.15, -0.1) is 11.8 Å². The smallest absolute Gasteiger partial charge is 0.240 e. The fourth-order valence-electron chi connectivity index (χ4n) is 1.89. The van der Waals surface area contributed by atoms with Crippen LogP contribution in [0.25, 0.3) is 0 Å². The van der Waals surface area contributed by atoms with Crippen LogP contribution in [0, 0.1) is 0 Å². The van der Waals surface area contributed by atoms with Gasteiger partial charge in [-0.1, -0.05) is 30.3 Å². The lowest BCUT2D eigenvalue weighted by atomic mass is 10.1. The van der Waals surface area contributed by atoms with Crippen molar-refractivity contribution in [2.45, 2.75) is 18.2 Å². The first-order valence-corrected chi connectivity index (χ1v) is 8.33. The van der Waals surface area contributed by atoms with E-state index in [1.165, 1.54) is 0 Å². The summed E-state index contributed by atoms with van der Waals surface area (Å²) in [4.78, 5) is 13.0. The topological polar surface area (TPSA) is 50.7 Å². The second-order valence-corrected chi connectivity index (χ2v) is 6.04. The molecule has 0 atom stereocenters. The number of thioether (sulfide) groups is 1. The first-order chi connectivity index (χ1) is 11.2. The second-order valence-electron chi connectivity index (χ2n) is 4.88. The second kappa shape index (κ2) is 9.00. The highest BCUT2D eigenvalue weighted by Gasteiger charge is 2.03. The molecule has 0 heterocycles. The van der Waals surface area contributed by atoms with Crippen LogP contribution in [-0.2, 0) is 4.79 Å². The Kier molecular flexibility index (Phi) is 6.69. The van der Waals surface area contributed by atoms with E-state index >= 15 is 0 Å². The lowest BCUT2D eigenvalue weighted by Gasteiger charge is -2.05. The van der Waals surface area contributed by atoms with E-state index in [1.54, 1.807) is 18.9 Å². The molecule has 0 aliphatic heterocycles. The van der Waals surface area contributed by atoms with Crippen LogP contribution in [0.4, 0.5) is 0 Å². The molecule has 0 spiro atoms. The van der Waals surface area contributed by atoms with Crippen molar-refractivity contribution >= 4 is 23.4 Å². The van der Waals surface area contributed by atoms with Crippen molar-refractivity contribution in [2.75, 3.05) is 12.9 Å². The van der Waals surface area contributed by atoms with Crippen molar-refractivity contribution < 1.29 is 9.53 Å². The van der Waals surface area contributed by atoms with Crippen LogP contribution in [0.15, 0.2) is 64.6 Å². The maximum Gasteiger partial charge on any atom is 0.240 e. The highest BCUT2D eigenvalue weighted by molar-refractivity contribution is 7.99. The number of hydrazone groups is 1. The monoisotopic (exact) mass is 328 g/mol. The van der Waals surface area contributed by atoms with Crippen LogP contribution in [0.1, 0.15) is 18.9 Å². The van der Waals surface area contributed by atoms with Gasteiger partial charge in [0.1, 0.15) is 5.75 Å². The summed E-state index contributed by atoms with van der Waals surface area (Å²) in [7, 11) is 1.62. The summed E-state index contributed by atoms with van der Waals surface area (Å²) in [6, 6.07) is 17.6. The van der Waals surface area contributed by atoms with Crippen molar-refractivity contribution in [1.82, 2.24) is 5.43 Å². The van der Waals surface area contributed by atoms with Gasteiger partial charge in [0.05, 0.1) is 12.8 Å². The largest absolute Gasteiger partial charge is 0.497 e. The van der Waals surface area contributed by atoms with E-state index in [9.17, 15) is 4.79 Å². The third-order valence-corrected chi connectivity index (χ3v) is 4.19. The predicted molar refractivity (Wildman–Crippen MR) is 95.1 cm³/mol. The number of carbonyl (C=O) groups excluding carboxylic acids is 1. The van der Waals surface area contributed by atoms with Gasteiger partial charge in [-0.3, -0.25) is 4.79 Å². The minimum absolute atomic E-state index is 0.0873. The number of amides is 1. The number of rotatable bonds is 7. The van der Waals surface area contributed by atoms with Crippen molar-refractivity contribution in [2.24, 2.45) is 5.10 Å². The van der Waals surface area contributed by atoms with Crippen LogP contribution in [0.5, 0.6) is 5.75 Å². The molecule has 0 radical (unpaired) electrons. The van der Waals surface area contributed by atoms with E-state index < -0.39 is 0 Å². The normalized spacial score (nSPS) is 11.1. The highest BCUT2D eigenvalue weighted by Crippen LogP contribution is 2.17. The summed E-state index contributed by atoms with van der Waals surface area (Å²) in [6.45, 7) is 1.85. The molecule has 5 heteroatoms. The Morgan fingerprint density at radius 3 is 2.70 bits per heavy atom. The Hall–Kier alpha value is -2.27. The molecule has 0 aliphatic carbocycles. The first kappa shape index (κ1) is 17.1. The van der Waals surface area contributed by atoms with Crippen LogP contribution in [0.2, 0.25) is 0 Å². The van der Waals surface area contributed by atoms with E-state index in [0.29, 0.717) is 6.42 Å². The molecule has 0 bridgehead atoms. The van der Waals surface area contributed by atoms with E-state index in [-0.39, 0.29) is 5.91 Å². The Morgan fingerprint density at radius 2 is 1.96 bits per heavy atom.